The van der Waals surface area contributed by atoms with Gasteiger partial charge < -0.3 is 25.0 Å². The van der Waals surface area contributed by atoms with Crippen molar-refractivity contribution in [3.8, 4) is 28.1 Å². The minimum atomic E-state index is -0.765. The molecule has 3 aromatic rings. The summed E-state index contributed by atoms with van der Waals surface area (Å²) < 4.78 is 26.6. The van der Waals surface area contributed by atoms with Gasteiger partial charge in [-0.25, -0.2) is 14.2 Å². The molecule has 3 N–H and O–H groups in total. The molecule has 4 rings (SSSR count). The molecule has 0 aliphatic carbocycles. The maximum atomic E-state index is 15.0. The average Bonchev–Trinajstić information content (AvgIpc) is 2.95. The number of halogens is 2. The summed E-state index contributed by atoms with van der Waals surface area (Å²) in [6.07, 6.45) is 2.54. The van der Waals surface area contributed by atoms with Crippen LogP contribution in [0.15, 0.2) is 42.7 Å². The number of aromatic nitrogens is 2. The van der Waals surface area contributed by atoms with Crippen molar-refractivity contribution in [3.63, 3.8) is 0 Å². The molecule has 0 radical (unpaired) electrons. The number of carbonyl (C=O) groups is 2. The van der Waals surface area contributed by atoms with Crippen molar-refractivity contribution in [2.24, 2.45) is 0 Å². The molecule has 0 spiro atoms. The molecule has 1 aromatic carbocycles. The summed E-state index contributed by atoms with van der Waals surface area (Å²) in [5.74, 6) is -0.420. The fourth-order valence-electron chi connectivity index (χ4n) is 4.49. The molecule has 0 saturated carbocycles. The lowest BCUT2D eigenvalue weighted by atomic mass is 10.0. The number of benzene rings is 1. The van der Waals surface area contributed by atoms with E-state index in [0.29, 0.717) is 41.5 Å². The summed E-state index contributed by atoms with van der Waals surface area (Å²) in [6, 6.07) is 7.42. The van der Waals surface area contributed by atoms with E-state index in [-0.39, 0.29) is 61.5 Å². The van der Waals surface area contributed by atoms with Gasteiger partial charge in [-0.3, -0.25) is 19.6 Å². The highest BCUT2D eigenvalue weighted by Crippen LogP contribution is 2.43. The van der Waals surface area contributed by atoms with Crippen molar-refractivity contribution >= 4 is 35.1 Å². The Hall–Kier alpha value is -3.84. The molecular formula is C30H35ClFN5O6. The van der Waals surface area contributed by atoms with E-state index in [0.717, 1.165) is 0 Å². The molecule has 2 aromatic heterocycles. The van der Waals surface area contributed by atoms with Crippen LogP contribution in [-0.4, -0.2) is 88.7 Å². The fraction of sp³-hybridized carbons (Fsp3) is 0.400. The van der Waals surface area contributed by atoms with Crippen LogP contribution in [0.2, 0.25) is 5.02 Å². The van der Waals surface area contributed by atoms with E-state index in [1.165, 1.54) is 29.3 Å². The molecule has 11 nitrogen and oxygen atoms in total. The van der Waals surface area contributed by atoms with Crippen LogP contribution in [0.5, 0.6) is 5.75 Å². The summed E-state index contributed by atoms with van der Waals surface area (Å²) in [4.78, 5) is 37.9. The number of carbonyl (C=O) groups excluding carboxylic acids is 2. The predicted octanol–water partition coefficient (Wildman–Crippen LogP) is 4.35. The quantitative estimate of drug-likeness (QED) is 0.304. The first-order chi connectivity index (χ1) is 20.5. The topological polar surface area (TPSA) is 137 Å². The van der Waals surface area contributed by atoms with Crippen LogP contribution < -0.4 is 15.0 Å². The van der Waals surface area contributed by atoms with E-state index in [1.807, 2.05) is 0 Å². The molecule has 230 valence electrons. The number of hydrogen-bond acceptors (Lipinski definition) is 9. The second-order valence-corrected chi connectivity index (χ2v) is 11.3. The zero-order valence-corrected chi connectivity index (χ0v) is 25.0. The number of amides is 2. The maximum absolute atomic E-state index is 15.0. The van der Waals surface area contributed by atoms with Gasteiger partial charge in [0.05, 0.1) is 37.3 Å². The van der Waals surface area contributed by atoms with Crippen molar-refractivity contribution in [3.05, 3.63) is 53.6 Å². The van der Waals surface area contributed by atoms with Gasteiger partial charge in [-0.15, -0.1) is 0 Å². The third-order valence-corrected chi connectivity index (χ3v) is 6.65. The van der Waals surface area contributed by atoms with Gasteiger partial charge >= 0.3 is 6.09 Å². The molecule has 13 heteroatoms. The molecule has 0 fully saturated rings. The van der Waals surface area contributed by atoms with Crippen LogP contribution in [0.3, 0.4) is 0 Å². The van der Waals surface area contributed by atoms with Crippen LogP contribution in [0.4, 0.5) is 20.7 Å². The first kappa shape index (κ1) is 32.1. The standard InChI is InChI=1S/C30H35ClFN5O6/c1-30(2,3)43-29(41)37-10-13-42-27-22(16-25(35-28(27)37)23-15-20(31)4-5-24(23)32)19-14-21(18-33-17-19)34-26(40)6-7-36(8-11-38)9-12-39/h4-5,14-18,38-39H,6-13H2,1-3H3,(H,34,40). The van der Waals surface area contributed by atoms with E-state index >= 15 is 4.39 Å². The van der Waals surface area contributed by atoms with Gasteiger partial charge in [-0.2, -0.15) is 0 Å². The summed E-state index contributed by atoms with van der Waals surface area (Å²) in [5, 5.41) is 21.5. The zero-order chi connectivity index (χ0) is 31.1. The number of fused-ring (bicyclic) bond motifs is 1. The number of hydrogen-bond donors (Lipinski definition) is 3. The molecule has 2 amide bonds. The Morgan fingerprint density at radius 3 is 2.56 bits per heavy atom. The number of pyridine rings is 2. The van der Waals surface area contributed by atoms with Crippen LogP contribution in [-0.2, 0) is 9.53 Å². The predicted molar refractivity (Wildman–Crippen MR) is 161 cm³/mol. The Labute approximate surface area is 254 Å². The molecule has 0 atom stereocenters. The summed E-state index contributed by atoms with van der Waals surface area (Å²) in [7, 11) is 0. The number of nitrogens with one attached hydrogen (secondary N) is 1. The molecule has 0 saturated heterocycles. The van der Waals surface area contributed by atoms with Gasteiger partial charge in [0.1, 0.15) is 18.0 Å². The number of rotatable bonds is 10. The normalized spacial score (nSPS) is 13.0. The van der Waals surface area contributed by atoms with Crippen molar-refractivity contribution < 1.29 is 33.7 Å². The van der Waals surface area contributed by atoms with E-state index < -0.39 is 17.5 Å². The lowest BCUT2D eigenvalue weighted by Gasteiger charge is -2.32. The zero-order valence-electron chi connectivity index (χ0n) is 24.3. The highest BCUT2D eigenvalue weighted by atomic mass is 35.5. The maximum Gasteiger partial charge on any atom is 0.416 e. The Kier molecular flexibility index (Phi) is 10.5. The first-order valence-corrected chi connectivity index (χ1v) is 14.2. The van der Waals surface area contributed by atoms with Gasteiger partial charge in [-0.1, -0.05) is 11.6 Å². The van der Waals surface area contributed by atoms with E-state index in [1.54, 1.807) is 44.0 Å². The van der Waals surface area contributed by atoms with E-state index in [2.05, 4.69) is 15.3 Å². The molecule has 0 unspecified atom stereocenters. The molecule has 1 aliphatic heterocycles. The lowest BCUT2D eigenvalue weighted by molar-refractivity contribution is -0.116. The van der Waals surface area contributed by atoms with E-state index in [9.17, 15) is 19.8 Å². The molecule has 0 bridgehead atoms. The van der Waals surface area contributed by atoms with Gasteiger partial charge in [0, 0.05) is 54.0 Å². The van der Waals surface area contributed by atoms with E-state index in [4.69, 9.17) is 21.1 Å². The highest BCUT2D eigenvalue weighted by Gasteiger charge is 2.32. The number of aliphatic hydroxyl groups excluding tert-OH is 2. The third-order valence-electron chi connectivity index (χ3n) is 6.41. The Morgan fingerprint density at radius 1 is 1.12 bits per heavy atom. The van der Waals surface area contributed by atoms with Crippen LogP contribution in [0.1, 0.15) is 27.2 Å². The Balaban J connectivity index is 1.72. The molecule has 1 aliphatic rings. The van der Waals surface area contributed by atoms with Crippen LogP contribution in [0, 0.1) is 5.82 Å². The smallest absolute Gasteiger partial charge is 0.416 e. The van der Waals surface area contributed by atoms with Crippen LogP contribution >= 0.6 is 11.6 Å². The second kappa shape index (κ2) is 14.1. The number of nitrogens with zero attached hydrogens (tertiary/aromatic N) is 4. The number of aliphatic hydroxyl groups is 2. The van der Waals surface area contributed by atoms with Gasteiger partial charge in [0.25, 0.3) is 0 Å². The molecular weight excluding hydrogens is 581 g/mol. The minimum absolute atomic E-state index is 0.0850. The fourth-order valence-corrected chi connectivity index (χ4v) is 4.66. The summed E-state index contributed by atoms with van der Waals surface area (Å²) >= 11 is 6.19. The minimum Gasteiger partial charge on any atom is -0.487 e. The SMILES string of the molecule is CC(C)(C)OC(=O)N1CCOc2c(-c3cncc(NC(=O)CCN(CCO)CCO)c3)cc(-c3cc(Cl)ccc3F)nc21. The van der Waals surface area contributed by atoms with Crippen molar-refractivity contribution in [2.45, 2.75) is 32.8 Å². The first-order valence-electron chi connectivity index (χ1n) is 13.8. The largest absolute Gasteiger partial charge is 0.487 e. The average molecular weight is 616 g/mol. The number of ether oxygens (including phenoxy) is 2. The van der Waals surface area contributed by atoms with Crippen molar-refractivity contribution in [2.75, 3.05) is 56.2 Å². The molecule has 43 heavy (non-hydrogen) atoms. The van der Waals surface area contributed by atoms with Gasteiger partial charge in [0.2, 0.25) is 5.91 Å². The lowest BCUT2D eigenvalue weighted by Crippen LogP contribution is -2.42. The summed E-state index contributed by atoms with van der Waals surface area (Å²) in [6.45, 7) is 6.45. The molecule has 3 heterocycles. The Bertz CT molecular complexity index is 1460. The monoisotopic (exact) mass is 615 g/mol. The summed E-state index contributed by atoms with van der Waals surface area (Å²) in [5.41, 5.74) is 0.952. The van der Waals surface area contributed by atoms with Gasteiger partial charge in [-0.05, 0) is 51.1 Å². The third kappa shape index (κ3) is 8.38. The van der Waals surface area contributed by atoms with Crippen molar-refractivity contribution in [1.29, 1.82) is 0 Å². The number of anilines is 2. The second-order valence-electron chi connectivity index (χ2n) is 10.9. The Morgan fingerprint density at radius 2 is 1.86 bits per heavy atom. The van der Waals surface area contributed by atoms with Crippen molar-refractivity contribution in [1.82, 2.24) is 14.9 Å². The highest BCUT2D eigenvalue weighted by molar-refractivity contribution is 6.30. The van der Waals surface area contributed by atoms with Crippen LogP contribution in [0.25, 0.3) is 22.4 Å². The van der Waals surface area contributed by atoms with Gasteiger partial charge in [0.15, 0.2) is 11.6 Å².